The first kappa shape index (κ1) is 14.8. The van der Waals surface area contributed by atoms with Crippen LogP contribution in [0, 0.1) is 5.92 Å². The van der Waals surface area contributed by atoms with Crippen molar-refractivity contribution in [2.24, 2.45) is 5.92 Å². The average Bonchev–Trinajstić information content (AvgIpc) is 2.67. The fraction of sp³-hybridized carbons (Fsp3) is 0.933. The van der Waals surface area contributed by atoms with Crippen molar-refractivity contribution in [2.75, 3.05) is 26.2 Å². The van der Waals surface area contributed by atoms with Crippen molar-refractivity contribution in [3.05, 3.63) is 0 Å². The molecule has 2 fully saturated rings. The van der Waals surface area contributed by atoms with Crippen LogP contribution in [0.25, 0.3) is 0 Å². The number of carbonyl (C=O) groups excluding carboxylic acids is 1. The van der Waals surface area contributed by atoms with Crippen LogP contribution in [0.4, 0.5) is 0 Å². The van der Waals surface area contributed by atoms with Gasteiger partial charge in [-0.25, -0.2) is 0 Å². The van der Waals surface area contributed by atoms with Crippen LogP contribution in [0.2, 0.25) is 0 Å². The second-order valence-corrected chi connectivity index (χ2v) is 6.30. The maximum atomic E-state index is 11.9. The van der Waals surface area contributed by atoms with Gasteiger partial charge in [-0.2, -0.15) is 0 Å². The summed E-state index contributed by atoms with van der Waals surface area (Å²) in [6.07, 6.45) is 6.04. The molecule has 1 atom stereocenters. The highest BCUT2D eigenvalue weighted by atomic mass is 16.2. The number of nitrogens with zero attached hydrogens (tertiary/aromatic N) is 1. The molecule has 2 aliphatic heterocycles. The van der Waals surface area contributed by atoms with E-state index in [2.05, 4.69) is 10.6 Å². The Kier molecular flexibility index (Phi) is 5.64. The summed E-state index contributed by atoms with van der Waals surface area (Å²) >= 11 is 0. The van der Waals surface area contributed by atoms with Crippen LogP contribution in [0.1, 0.15) is 46.0 Å². The van der Waals surface area contributed by atoms with Gasteiger partial charge in [0.2, 0.25) is 5.91 Å². The normalized spacial score (nSPS) is 26.5. The molecular formula is C15H29N3O. The van der Waals surface area contributed by atoms with Gasteiger partial charge in [0.15, 0.2) is 0 Å². The number of carbonyl (C=O) groups is 1. The molecule has 19 heavy (non-hydrogen) atoms. The van der Waals surface area contributed by atoms with Crippen molar-refractivity contribution < 1.29 is 4.79 Å². The maximum absolute atomic E-state index is 11.9. The fourth-order valence-corrected chi connectivity index (χ4v) is 3.15. The van der Waals surface area contributed by atoms with E-state index in [1.54, 1.807) is 0 Å². The molecule has 2 N–H and O–H groups in total. The van der Waals surface area contributed by atoms with Gasteiger partial charge in [-0.15, -0.1) is 0 Å². The Morgan fingerprint density at radius 1 is 1.11 bits per heavy atom. The zero-order valence-corrected chi connectivity index (χ0v) is 12.5. The highest BCUT2D eigenvalue weighted by Gasteiger charge is 2.25. The third-order valence-electron chi connectivity index (χ3n) is 4.35. The minimum Gasteiger partial charge on any atom is -0.342 e. The molecule has 110 valence electrons. The van der Waals surface area contributed by atoms with Crippen LogP contribution < -0.4 is 10.6 Å². The molecule has 4 heteroatoms. The molecule has 0 aromatic carbocycles. The van der Waals surface area contributed by atoms with Crippen molar-refractivity contribution in [3.63, 3.8) is 0 Å². The number of amides is 1. The van der Waals surface area contributed by atoms with E-state index >= 15 is 0 Å². The van der Waals surface area contributed by atoms with Crippen molar-refractivity contribution in [2.45, 2.75) is 58.0 Å². The molecule has 0 saturated carbocycles. The Morgan fingerprint density at radius 3 is 2.47 bits per heavy atom. The largest absolute Gasteiger partial charge is 0.342 e. The highest BCUT2D eigenvalue weighted by Crippen LogP contribution is 2.15. The molecule has 2 heterocycles. The predicted molar refractivity (Wildman–Crippen MR) is 78.1 cm³/mol. The fourth-order valence-electron chi connectivity index (χ4n) is 3.15. The van der Waals surface area contributed by atoms with Crippen LogP contribution in [0.3, 0.4) is 0 Å². The zero-order chi connectivity index (χ0) is 13.7. The van der Waals surface area contributed by atoms with Gasteiger partial charge in [-0.05, 0) is 45.2 Å². The molecule has 4 nitrogen and oxygen atoms in total. The minimum atomic E-state index is 0.137. The Morgan fingerprint density at radius 2 is 1.79 bits per heavy atom. The quantitative estimate of drug-likeness (QED) is 0.811. The number of rotatable bonds is 3. The van der Waals surface area contributed by atoms with Gasteiger partial charge >= 0.3 is 0 Å². The highest BCUT2D eigenvalue weighted by molar-refractivity contribution is 5.78. The smallest absolute Gasteiger partial charge is 0.225 e. The molecule has 0 aromatic rings. The SMILES string of the molecule is CC(C)C(=O)N1CCC(NC2CCCNCC2)CC1. The lowest BCUT2D eigenvalue weighted by atomic mass is 10.0. The van der Waals surface area contributed by atoms with E-state index in [0.717, 1.165) is 32.5 Å². The van der Waals surface area contributed by atoms with E-state index in [1.165, 1.54) is 25.8 Å². The molecule has 0 spiro atoms. The summed E-state index contributed by atoms with van der Waals surface area (Å²) < 4.78 is 0. The Balaban J connectivity index is 1.72. The summed E-state index contributed by atoms with van der Waals surface area (Å²) in [7, 11) is 0. The lowest BCUT2D eigenvalue weighted by molar-refractivity contribution is -0.135. The van der Waals surface area contributed by atoms with Gasteiger partial charge in [0, 0.05) is 31.1 Å². The van der Waals surface area contributed by atoms with Crippen LogP contribution in [-0.2, 0) is 4.79 Å². The molecule has 0 aromatic heterocycles. The van der Waals surface area contributed by atoms with Crippen LogP contribution in [-0.4, -0.2) is 49.1 Å². The van der Waals surface area contributed by atoms with Gasteiger partial charge in [0.05, 0.1) is 0 Å². The van der Waals surface area contributed by atoms with Crippen molar-refractivity contribution in [1.82, 2.24) is 15.5 Å². The average molecular weight is 267 g/mol. The molecular weight excluding hydrogens is 238 g/mol. The van der Waals surface area contributed by atoms with Gasteiger partial charge < -0.3 is 15.5 Å². The van der Waals surface area contributed by atoms with Gasteiger partial charge in [0.25, 0.3) is 0 Å². The molecule has 0 radical (unpaired) electrons. The van der Waals surface area contributed by atoms with E-state index in [4.69, 9.17) is 0 Å². The molecule has 1 amide bonds. The van der Waals surface area contributed by atoms with Crippen LogP contribution >= 0.6 is 0 Å². The van der Waals surface area contributed by atoms with Gasteiger partial charge in [-0.1, -0.05) is 13.8 Å². The topological polar surface area (TPSA) is 44.4 Å². The minimum absolute atomic E-state index is 0.137. The van der Waals surface area contributed by atoms with E-state index in [1.807, 2.05) is 18.7 Å². The van der Waals surface area contributed by atoms with Crippen molar-refractivity contribution >= 4 is 5.91 Å². The summed E-state index contributed by atoms with van der Waals surface area (Å²) in [4.78, 5) is 14.0. The Hall–Kier alpha value is -0.610. The molecule has 0 aliphatic carbocycles. The second-order valence-electron chi connectivity index (χ2n) is 6.30. The first-order valence-electron chi connectivity index (χ1n) is 7.92. The number of piperidine rings is 1. The lowest BCUT2D eigenvalue weighted by Gasteiger charge is -2.35. The van der Waals surface area contributed by atoms with E-state index in [-0.39, 0.29) is 5.92 Å². The monoisotopic (exact) mass is 267 g/mol. The summed E-state index contributed by atoms with van der Waals surface area (Å²) in [6, 6.07) is 1.28. The number of hydrogen-bond acceptors (Lipinski definition) is 3. The molecule has 2 rings (SSSR count). The molecule has 2 saturated heterocycles. The Labute approximate surface area is 117 Å². The standard InChI is InChI=1S/C15H29N3O/c1-12(2)15(19)18-10-6-14(7-11-18)17-13-4-3-8-16-9-5-13/h12-14,16-17H,3-11H2,1-2H3. The summed E-state index contributed by atoms with van der Waals surface area (Å²) in [5.74, 6) is 0.453. The third kappa shape index (κ3) is 4.46. The molecule has 1 unspecified atom stereocenters. The van der Waals surface area contributed by atoms with Gasteiger partial charge in [-0.3, -0.25) is 4.79 Å². The van der Waals surface area contributed by atoms with E-state index < -0.39 is 0 Å². The second kappa shape index (κ2) is 7.25. The van der Waals surface area contributed by atoms with E-state index in [9.17, 15) is 4.79 Å². The van der Waals surface area contributed by atoms with Crippen molar-refractivity contribution in [3.8, 4) is 0 Å². The molecule has 0 bridgehead atoms. The van der Waals surface area contributed by atoms with Gasteiger partial charge in [0.1, 0.15) is 0 Å². The van der Waals surface area contributed by atoms with Crippen LogP contribution in [0.5, 0.6) is 0 Å². The summed E-state index contributed by atoms with van der Waals surface area (Å²) in [5.41, 5.74) is 0. The summed E-state index contributed by atoms with van der Waals surface area (Å²) in [5, 5.41) is 7.26. The summed E-state index contributed by atoms with van der Waals surface area (Å²) in [6.45, 7) is 8.15. The predicted octanol–water partition coefficient (Wildman–Crippen LogP) is 1.37. The number of hydrogen-bond donors (Lipinski definition) is 2. The number of nitrogens with one attached hydrogen (secondary N) is 2. The third-order valence-corrected chi connectivity index (χ3v) is 4.35. The van der Waals surface area contributed by atoms with Crippen molar-refractivity contribution in [1.29, 1.82) is 0 Å². The zero-order valence-electron chi connectivity index (χ0n) is 12.5. The lowest BCUT2D eigenvalue weighted by Crippen LogP contribution is -2.48. The van der Waals surface area contributed by atoms with E-state index in [0.29, 0.717) is 18.0 Å². The maximum Gasteiger partial charge on any atom is 0.225 e. The molecule has 2 aliphatic rings. The Bertz CT molecular complexity index is 277. The van der Waals surface area contributed by atoms with Crippen LogP contribution in [0.15, 0.2) is 0 Å². The number of likely N-dealkylation sites (tertiary alicyclic amines) is 1. The first-order valence-corrected chi connectivity index (χ1v) is 7.92. The first-order chi connectivity index (χ1) is 9.16.